The van der Waals surface area contributed by atoms with E-state index in [4.69, 9.17) is 11.5 Å². The number of nitrogen functional groups attached to an aromatic ring is 2. The molecule has 0 saturated heterocycles. The van der Waals surface area contributed by atoms with E-state index in [1.165, 1.54) is 24.3 Å². The fourth-order valence-electron chi connectivity index (χ4n) is 1.17. The average molecular weight is 239 g/mol. The van der Waals surface area contributed by atoms with Crippen molar-refractivity contribution in [1.82, 2.24) is 14.2 Å². The maximum atomic E-state index is 12.0. The highest BCUT2D eigenvalue weighted by Gasteiger charge is 2.20. The summed E-state index contributed by atoms with van der Waals surface area (Å²) in [6, 6.07) is 5.73. The molecule has 4 N–H and O–H groups in total. The molecule has 1 aromatic heterocycles. The number of hydrogen-bond donors (Lipinski definition) is 2. The monoisotopic (exact) mass is 239 g/mol. The predicted octanol–water partition coefficient (Wildman–Crippen LogP) is -0.321. The quantitative estimate of drug-likeness (QED) is 0.693. The molecule has 2 aromatic rings. The van der Waals surface area contributed by atoms with E-state index in [1.54, 1.807) is 0 Å². The Balaban J connectivity index is 2.56. The Hall–Kier alpha value is -2.09. The van der Waals surface area contributed by atoms with Crippen LogP contribution in [0.2, 0.25) is 0 Å². The lowest BCUT2D eigenvalue weighted by atomic mass is 10.3. The fraction of sp³-hybridized carbons (Fsp3) is 0. The van der Waals surface area contributed by atoms with Crippen LogP contribution in [-0.4, -0.2) is 22.6 Å². The molecule has 0 aliphatic heterocycles. The third kappa shape index (κ3) is 1.58. The summed E-state index contributed by atoms with van der Waals surface area (Å²) in [5.74, 6) is -0.183. The maximum Gasteiger partial charge on any atom is 0.286 e. The number of rotatable bonds is 2. The second kappa shape index (κ2) is 3.49. The summed E-state index contributed by atoms with van der Waals surface area (Å²) in [7, 11) is -3.78. The molecule has 0 radical (unpaired) electrons. The van der Waals surface area contributed by atoms with E-state index >= 15 is 0 Å². The second-order valence-corrected chi connectivity index (χ2v) is 4.80. The molecule has 8 heteroatoms. The first-order valence-corrected chi connectivity index (χ1v) is 5.72. The Labute approximate surface area is 91.8 Å². The van der Waals surface area contributed by atoms with Crippen molar-refractivity contribution < 1.29 is 8.42 Å². The van der Waals surface area contributed by atoms with Crippen molar-refractivity contribution in [3.8, 4) is 0 Å². The highest BCUT2D eigenvalue weighted by Crippen LogP contribution is 2.16. The number of aromatic nitrogens is 3. The molecule has 0 unspecified atom stereocenters. The van der Waals surface area contributed by atoms with Gasteiger partial charge in [-0.3, -0.25) is 0 Å². The van der Waals surface area contributed by atoms with E-state index in [1.807, 2.05) is 0 Å². The van der Waals surface area contributed by atoms with Crippen molar-refractivity contribution >= 4 is 21.7 Å². The standard InChI is InChI=1S/C8H9N5O2S/c9-6-1-3-7(4-2-6)16(14,15)13-8(10)11-5-12-13/h1-5H,9H2,(H2,10,11,12). The molecule has 1 aromatic carbocycles. The lowest BCUT2D eigenvalue weighted by molar-refractivity contribution is 0.581. The van der Waals surface area contributed by atoms with Gasteiger partial charge in [-0.05, 0) is 24.3 Å². The van der Waals surface area contributed by atoms with Gasteiger partial charge in [0, 0.05) is 5.69 Å². The van der Waals surface area contributed by atoms with Gasteiger partial charge in [0.15, 0.2) is 0 Å². The predicted molar refractivity (Wildman–Crippen MR) is 57.9 cm³/mol. The Kier molecular flexibility index (Phi) is 2.27. The van der Waals surface area contributed by atoms with E-state index in [-0.39, 0.29) is 10.8 Å². The molecule has 0 atom stereocenters. The molecule has 16 heavy (non-hydrogen) atoms. The SMILES string of the molecule is Nc1ccc(S(=O)(=O)n2ncnc2N)cc1. The van der Waals surface area contributed by atoms with Crippen LogP contribution in [0.4, 0.5) is 11.6 Å². The van der Waals surface area contributed by atoms with Crippen LogP contribution < -0.4 is 11.5 Å². The van der Waals surface area contributed by atoms with Crippen LogP contribution in [0.3, 0.4) is 0 Å². The van der Waals surface area contributed by atoms with Crippen LogP contribution in [-0.2, 0) is 10.0 Å². The van der Waals surface area contributed by atoms with Gasteiger partial charge in [-0.25, -0.2) is 0 Å². The van der Waals surface area contributed by atoms with E-state index in [2.05, 4.69) is 10.1 Å². The van der Waals surface area contributed by atoms with E-state index in [0.717, 1.165) is 6.33 Å². The normalized spacial score (nSPS) is 11.5. The van der Waals surface area contributed by atoms with Crippen LogP contribution in [0, 0.1) is 0 Å². The zero-order valence-electron chi connectivity index (χ0n) is 8.11. The van der Waals surface area contributed by atoms with Crippen LogP contribution in [0.5, 0.6) is 0 Å². The Morgan fingerprint density at radius 2 is 1.75 bits per heavy atom. The fourth-order valence-corrected chi connectivity index (χ4v) is 2.30. The molecule has 0 saturated carbocycles. The smallest absolute Gasteiger partial charge is 0.286 e. The number of anilines is 2. The maximum absolute atomic E-state index is 12.0. The van der Waals surface area contributed by atoms with Gasteiger partial charge in [0.2, 0.25) is 5.95 Å². The van der Waals surface area contributed by atoms with Crippen LogP contribution in [0.15, 0.2) is 35.5 Å². The molecule has 0 aliphatic rings. The minimum Gasteiger partial charge on any atom is -0.399 e. The first-order chi connectivity index (χ1) is 7.51. The molecule has 84 valence electrons. The molecule has 1 heterocycles. The summed E-state index contributed by atoms with van der Waals surface area (Å²) in [4.78, 5) is 3.61. The zero-order chi connectivity index (χ0) is 11.8. The largest absolute Gasteiger partial charge is 0.399 e. The lowest BCUT2D eigenvalue weighted by Crippen LogP contribution is -2.17. The summed E-state index contributed by atoms with van der Waals surface area (Å²) in [6.07, 6.45) is 1.07. The molecule has 7 nitrogen and oxygen atoms in total. The second-order valence-electron chi connectivity index (χ2n) is 3.04. The zero-order valence-corrected chi connectivity index (χ0v) is 8.92. The average Bonchev–Trinajstić information content (AvgIpc) is 2.66. The van der Waals surface area contributed by atoms with Gasteiger partial charge in [-0.15, -0.1) is 9.19 Å². The summed E-state index contributed by atoms with van der Waals surface area (Å²) in [5.41, 5.74) is 11.3. The molecule has 0 bridgehead atoms. The Morgan fingerprint density at radius 3 is 2.25 bits per heavy atom. The van der Waals surface area contributed by atoms with Gasteiger partial charge < -0.3 is 11.5 Å². The first kappa shape index (κ1) is 10.4. The van der Waals surface area contributed by atoms with Gasteiger partial charge in [0.05, 0.1) is 4.90 Å². The van der Waals surface area contributed by atoms with Crippen LogP contribution in [0.25, 0.3) is 0 Å². The van der Waals surface area contributed by atoms with E-state index < -0.39 is 10.0 Å². The van der Waals surface area contributed by atoms with Gasteiger partial charge in [-0.2, -0.15) is 13.4 Å². The summed E-state index contributed by atoms with van der Waals surface area (Å²) in [5, 5.41) is 3.55. The highest BCUT2D eigenvalue weighted by atomic mass is 32.2. The topological polar surface area (TPSA) is 117 Å². The third-order valence-corrected chi connectivity index (χ3v) is 3.55. The van der Waals surface area contributed by atoms with Crippen molar-refractivity contribution in [2.24, 2.45) is 0 Å². The molecular weight excluding hydrogens is 230 g/mol. The third-order valence-electron chi connectivity index (χ3n) is 1.95. The number of hydrogen-bond acceptors (Lipinski definition) is 6. The number of nitrogens with zero attached hydrogens (tertiary/aromatic N) is 3. The minimum absolute atomic E-state index is 0.0545. The van der Waals surface area contributed by atoms with Crippen molar-refractivity contribution in [2.45, 2.75) is 4.90 Å². The summed E-state index contributed by atoms with van der Waals surface area (Å²) in [6.45, 7) is 0. The van der Waals surface area contributed by atoms with Gasteiger partial charge >= 0.3 is 0 Å². The Bertz CT molecular complexity index is 602. The van der Waals surface area contributed by atoms with Crippen LogP contribution >= 0.6 is 0 Å². The molecule has 0 amide bonds. The molecule has 0 fully saturated rings. The molecule has 0 spiro atoms. The number of benzene rings is 1. The molecule has 0 aliphatic carbocycles. The first-order valence-electron chi connectivity index (χ1n) is 4.28. The van der Waals surface area contributed by atoms with Crippen molar-refractivity contribution in [3.05, 3.63) is 30.6 Å². The van der Waals surface area contributed by atoms with Crippen molar-refractivity contribution in [1.29, 1.82) is 0 Å². The minimum atomic E-state index is -3.78. The van der Waals surface area contributed by atoms with Gasteiger partial charge in [0.1, 0.15) is 6.33 Å². The van der Waals surface area contributed by atoms with Crippen molar-refractivity contribution in [3.63, 3.8) is 0 Å². The van der Waals surface area contributed by atoms with Crippen molar-refractivity contribution in [2.75, 3.05) is 11.5 Å². The lowest BCUT2D eigenvalue weighted by Gasteiger charge is -2.04. The number of nitrogens with two attached hydrogens (primary N) is 2. The molecule has 2 rings (SSSR count). The van der Waals surface area contributed by atoms with Crippen LogP contribution in [0.1, 0.15) is 0 Å². The highest BCUT2D eigenvalue weighted by molar-refractivity contribution is 7.90. The van der Waals surface area contributed by atoms with Gasteiger partial charge in [-0.1, -0.05) is 0 Å². The van der Waals surface area contributed by atoms with Gasteiger partial charge in [0.25, 0.3) is 10.0 Å². The summed E-state index contributed by atoms with van der Waals surface area (Å²) < 4.78 is 24.6. The Morgan fingerprint density at radius 1 is 1.12 bits per heavy atom. The summed E-state index contributed by atoms with van der Waals surface area (Å²) >= 11 is 0. The van der Waals surface area contributed by atoms with E-state index in [9.17, 15) is 8.42 Å². The molecular formula is C8H9N5O2S. The van der Waals surface area contributed by atoms with E-state index in [0.29, 0.717) is 9.77 Å².